The molecule has 2 aromatic rings. The van der Waals surface area contributed by atoms with Gasteiger partial charge in [-0.2, -0.15) is 0 Å². The predicted octanol–water partition coefficient (Wildman–Crippen LogP) is 3.05. The van der Waals surface area contributed by atoms with Crippen LogP contribution < -0.4 is 14.5 Å². The first-order valence-electron chi connectivity index (χ1n) is 13.5. The van der Waals surface area contributed by atoms with E-state index >= 15 is 0 Å². The summed E-state index contributed by atoms with van der Waals surface area (Å²) in [6.07, 6.45) is -0.604. The SMILES string of the molecule is COc1ccc2c(c1)[C@@]1(O[C@H](CCO)[C@@H]([Si](C)(C)O)[C@@H]1C)C(=O)N2Cc1ccc(N2C(=O)CC2OC(C)=O)cc1. The van der Waals surface area contributed by atoms with Crippen LogP contribution in [0.1, 0.15) is 37.8 Å². The van der Waals surface area contributed by atoms with Crippen molar-refractivity contribution in [2.75, 3.05) is 23.5 Å². The van der Waals surface area contributed by atoms with Crippen molar-refractivity contribution in [2.24, 2.45) is 5.92 Å². The summed E-state index contributed by atoms with van der Waals surface area (Å²) in [6, 6.07) is 12.7. The molecule has 3 aliphatic heterocycles. The molecule has 11 heteroatoms. The molecule has 0 saturated carbocycles. The summed E-state index contributed by atoms with van der Waals surface area (Å²) >= 11 is 0. The second-order valence-electron chi connectivity index (χ2n) is 11.3. The van der Waals surface area contributed by atoms with Crippen molar-refractivity contribution in [3.05, 3.63) is 53.6 Å². The molecule has 5 atom stereocenters. The lowest BCUT2D eigenvalue weighted by atomic mass is 9.82. The molecule has 2 aromatic carbocycles. The second-order valence-corrected chi connectivity index (χ2v) is 15.3. The van der Waals surface area contributed by atoms with Crippen molar-refractivity contribution >= 4 is 37.5 Å². The molecular weight excluding hydrogens is 532 g/mol. The molecule has 2 N–H and O–H groups in total. The highest BCUT2D eigenvalue weighted by molar-refractivity contribution is 6.71. The van der Waals surface area contributed by atoms with Crippen LogP contribution in [0.3, 0.4) is 0 Å². The summed E-state index contributed by atoms with van der Waals surface area (Å²) in [5.74, 6) is -0.540. The lowest BCUT2D eigenvalue weighted by molar-refractivity contribution is -0.154. The van der Waals surface area contributed by atoms with Crippen LogP contribution >= 0.6 is 0 Å². The first-order chi connectivity index (χ1) is 18.9. The van der Waals surface area contributed by atoms with E-state index in [1.165, 1.54) is 11.8 Å². The smallest absolute Gasteiger partial charge is 0.304 e. The average Bonchev–Trinajstić information content (AvgIpc) is 3.31. The molecule has 2 saturated heterocycles. The molecule has 3 heterocycles. The topological polar surface area (TPSA) is 126 Å². The Kier molecular flexibility index (Phi) is 7.28. The van der Waals surface area contributed by atoms with Gasteiger partial charge in [-0.05, 0) is 55.4 Å². The molecule has 0 bridgehead atoms. The first kappa shape index (κ1) is 28.3. The number of hydrogen-bond acceptors (Lipinski definition) is 8. The second kappa shape index (κ2) is 10.3. The first-order valence-corrected chi connectivity index (χ1v) is 16.5. The minimum atomic E-state index is -2.79. The van der Waals surface area contributed by atoms with Crippen LogP contribution in [-0.2, 0) is 36.0 Å². The van der Waals surface area contributed by atoms with E-state index in [1.54, 1.807) is 30.2 Å². The Hall–Kier alpha value is -3.25. The summed E-state index contributed by atoms with van der Waals surface area (Å²) < 4.78 is 17.3. The number of hydrogen-bond donors (Lipinski definition) is 2. The minimum absolute atomic E-state index is 0.110. The monoisotopic (exact) mass is 568 g/mol. The van der Waals surface area contributed by atoms with Crippen molar-refractivity contribution in [1.29, 1.82) is 0 Å². The summed E-state index contributed by atoms with van der Waals surface area (Å²) in [7, 11) is -1.22. The van der Waals surface area contributed by atoms with E-state index in [0.29, 0.717) is 29.1 Å². The number of anilines is 2. The van der Waals surface area contributed by atoms with Crippen LogP contribution in [-0.4, -0.2) is 62.1 Å². The zero-order chi connectivity index (χ0) is 29.0. The maximum Gasteiger partial charge on any atom is 0.304 e. The lowest BCUT2D eigenvalue weighted by Gasteiger charge is -2.39. The maximum atomic E-state index is 14.4. The van der Waals surface area contributed by atoms with Crippen LogP contribution in [0.2, 0.25) is 18.6 Å². The van der Waals surface area contributed by atoms with Gasteiger partial charge in [-0.15, -0.1) is 0 Å². The molecule has 1 spiro atoms. The third-order valence-electron chi connectivity index (χ3n) is 8.37. The quantitative estimate of drug-likeness (QED) is 0.283. The summed E-state index contributed by atoms with van der Waals surface area (Å²) in [5, 5.41) is 9.77. The fourth-order valence-electron chi connectivity index (χ4n) is 6.67. The number of ether oxygens (including phenoxy) is 3. The molecule has 3 aliphatic rings. The highest BCUT2D eigenvalue weighted by Gasteiger charge is 2.66. The van der Waals surface area contributed by atoms with Gasteiger partial charge in [0.1, 0.15) is 5.75 Å². The summed E-state index contributed by atoms with van der Waals surface area (Å²) in [6.45, 7) is 7.11. The Morgan fingerprint density at radius 1 is 1.18 bits per heavy atom. The van der Waals surface area contributed by atoms with Gasteiger partial charge in [-0.1, -0.05) is 19.1 Å². The number of fused-ring (bicyclic) bond motifs is 2. The van der Waals surface area contributed by atoms with Crippen molar-refractivity contribution in [3.63, 3.8) is 0 Å². The number of benzene rings is 2. The Labute approximate surface area is 234 Å². The zero-order valence-corrected chi connectivity index (χ0v) is 24.4. The number of β-lactam (4-membered cyclic amide) rings is 1. The van der Waals surface area contributed by atoms with Gasteiger partial charge in [0.2, 0.25) is 5.91 Å². The van der Waals surface area contributed by atoms with E-state index in [0.717, 1.165) is 5.56 Å². The molecule has 2 fully saturated rings. The molecule has 40 heavy (non-hydrogen) atoms. The van der Waals surface area contributed by atoms with E-state index in [2.05, 4.69) is 0 Å². The molecule has 0 radical (unpaired) electrons. The predicted molar refractivity (Wildman–Crippen MR) is 149 cm³/mol. The highest BCUT2D eigenvalue weighted by Crippen LogP contribution is 2.60. The van der Waals surface area contributed by atoms with Crippen LogP contribution in [0.25, 0.3) is 0 Å². The number of aliphatic hydroxyl groups is 1. The van der Waals surface area contributed by atoms with E-state index in [-0.39, 0.29) is 42.8 Å². The van der Waals surface area contributed by atoms with Gasteiger partial charge in [0.15, 0.2) is 20.1 Å². The van der Waals surface area contributed by atoms with Gasteiger partial charge in [0, 0.05) is 36.2 Å². The highest BCUT2D eigenvalue weighted by atomic mass is 28.4. The Bertz CT molecular complexity index is 1330. The zero-order valence-electron chi connectivity index (χ0n) is 23.4. The van der Waals surface area contributed by atoms with Gasteiger partial charge in [0.25, 0.3) is 5.91 Å². The van der Waals surface area contributed by atoms with Crippen molar-refractivity contribution in [2.45, 2.75) is 69.8 Å². The van der Waals surface area contributed by atoms with E-state index in [4.69, 9.17) is 14.2 Å². The molecule has 5 rings (SSSR count). The number of aliphatic hydroxyl groups excluding tert-OH is 1. The van der Waals surface area contributed by atoms with Crippen LogP contribution in [0.4, 0.5) is 11.4 Å². The molecule has 1 unspecified atom stereocenters. The van der Waals surface area contributed by atoms with Crippen molar-refractivity contribution < 1.29 is 38.5 Å². The third-order valence-corrected chi connectivity index (χ3v) is 10.9. The van der Waals surface area contributed by atoms with Gasteiger partial charge in [-0.3, -0.25) is 19.3 Å². The molecule has 2 amide bonds. The summed E-state index contributed by atoms with van der Waals surface area (Å²) in [5.41, 5.74) is 1.26. The standard InChI is InChI=1S/C29H36N2O8Si/c1-17-27(40(4,5)36)24(12-13-32)39-29(17)22-14-21(37-3)10-11-23(22)30(28(29)35)16-19-6-8-20(9-7-19)31-25(34)15-26(31)38-18(2)33/h6-11,14,17,24,26-27,32,36H,12-13,15-16H2,1-5H3/t17-,24+,26?,27-,29+/m0/s1. The number of nitrogens with zero attached hydrogens (tertiary/aromatic N) is 2. The van der Waals surface area contributed by atoms with E-state index < -0.39 is 32.2 Å². The molecule has 0 aliphatic carbocycles. The van der Waals surface area contributed by atoms with Gasteiger partial charge < -0.3 is 29.0 Å². The van der Waals surface area contributed by atoms with Gasteiger partial charge in [0.05, 0.1) is 31.9 Å². The van der Waals surface area contributed by atoms with Gasteiger partial charge >= 0.3 is 5.97 Å². The number of carbonyl (C=O) groups excluding carboxylic acids is 3. The number of rotatable bonds is 8. The largest absolute Gasteiger partial charge is 0.497 e. The third kappa shape index (κ3) is 4.50. The van der Waals surface area contributed by atoms with Crippen molar-refractivity contribution in [3.8, 4) is 5.75 Å². The van der Waals surface area contributed by atoms with E-state index in [1.807, 2.05) is 44.3 Å². The molecule has 10 nitrogen and oxygen atoms in total. The number of methoxy groups -OCH3 is 1. The Balaban J connectivity index is 1.48. The fourth-order valence-corrected chi connectivity index (χ4v) is 9.27. The van der Waals surface area contributed by atoms with E-state index in [9.17, 15) is 24.3 Å². The number of amides is 2. The Morgan fingerprint density at radius 3 is 2.45 bits per heavy atom. The van der Waals surface area contributed by atoms with Crippen LogP contribution in [0.5, 0.6) is 5.75 Å². The van der Waals surface area contributed by atoms with Crippen LogP contribution in [0, 0.1) is 5.92 Å². The van der Waals surface area contributed by atoms with Crippen LogP contribution in [0.15, 0.2) is 42.5 Å². The normalized spacial score (nSPS) is 27.7. The summed E-state index contributed by atoms with van der Waals surface area (Å²) in [4.78, 5) is 52.3. The Morgan fingerprint density at radius 2 is 1.88 bits per heavy atom. The lowest BCUT2D eigenvalue weighted by Crippen LogP contribution is -2.54. The number of carbonyl (C=O) groups is 3. The maximum absolute atomic E-state index is 14.4. The molecule has 0 aromatic heterocycles. The minimum Gasteiger partial charge on any atom is -0.497 e. The molecular formula is C29H36N2O8Si. The van der Waals surface area contributed by atoms with Crippen molar-refractivity contribution in [1.82, 2.24) is 0 Å². The fraction of sp³-hybridized carbons (Fsp3) is 0.483. The number of esters is 1. The van der Waals surface area contributed by atoms with Gasteiger partial charge in [-0.25, -0.2) is 0 Å². The average molecular weight is 569 g/mol. The molecule has 214 valence electrons.